The molecule has 2 atom stereocenters. The molecule has 1 aliphatic carbocycles. The zero-order valence-electron chi connectivity index (χ0n) is 12.2. The first-order valence-electron chi connectivity index (χ1n) is 7.61. The molecule has 0 spiro atoms. The van der Waals surface area contributed by atoms with Gasteiger partial charge in [-0.2, -0.15) is 0 Å². The lowest BCUT2D eigenvalue weighted by molar-refractivity contribution is 0.0510. The second kappa shape index (κ2) is 6.53. The molecule has 1 fully saturated rings. The van der Waals surface area contributed by atoms with Gasteiger partial charge in [-0.05, 0) is 38.2 Å². The summed E-state index contributed by atoms with van der Waals surface area (Å²) in [6, 6.07) is 10.4. The van der Waals surface area contributed by atoms with Gasteiger partial charge in [0.05, 0.1) is 5.60 Å². The van der Waals surface area contributed by atoms with E-state index in [0.717, 1.165) is 11.5 Å². The fraction of sp³-hybridized carbons (Fsp3) is 0.647. The van der Waals surface area contributed by atoms with Crippen LogP contribution in [0.1, 0.15) is 51.5 Å². The van der Waals surface area contributed by atoms with E-state index in [-0.39, 0.29) is 0 Å². The lowest BCUT2D eigenvalue weighted by atomic mass is 9.84. The van der Waals surface area contributed by atoms with Gasteiger partial charge in [0.25, 0.3) is 0 Å². The lowest BCUT2D eigenvalue weighted by Gasteiger charge is -2.32. The summed E-state index contributed by atoms with van der Waals surface area (Å²) in [6.45, 7) is 4.77. The minimum Gasteiger partial charge on any atom is -0.384 e. The SMILES string of the molecule is CC(NCC(C)(O)c1ccccc1)C1CCCCC1. The van der Waals surface area contributed by atoms with Gasteiger partial charge >= 0.3 is 0 Å². The fourth-order valence-corrected chi connectivity index (χ4v) is 3.06. The summed E-state index contributed by atoms with van der Waals surface area (Å²) in [5, 5.41) is 14.1. The standard InChI is InChI=1S/C17H27NO/c1-14(15-9-5-3-6-10-15)18-13-17(2,19)16-11-7-4-8-12-16/h4,7-8,11-12,14-15,18-19H,3,5-6,9-10,13H2,1-2H3. The van der Waals surface area contributed by atoms with Crippen molar-refractivity contribution in [3.63, 3.8) is 0 Å². The monoisotopic (exact) mass is 261 g/mol. The molecular formula is C17H27NO. The Bertz CT molecular complexity index is 368. The molecule has 0 saturated heterocycles. The zero-order chi connectivity index (χ0) is 13.7. The first kappa shape index (κ1) is 14.5. The van der Waals surface area contributed by atoms with E-state index >= 15 is 0 Å². The van der Waals surface area contributed by atoms with E-state index in [1.165, 1.54) is 32.1 Å². The molecule has 0 heterocycles. The van der Waals surface area contributed by atoms with Crippen LogP contribution < -0.4 is 5.32 Å². The normalized spacial score (nSPS) is 21.8. The summed E-state index contributed by atoms with van der Waals surface area (Å²) in [5.41, 5.74) is 0.197. The van der Waals surface area contributed by atoms with Crippen LogP contribution >= 0.6 is 0 Å². The van der Waals surface area contributed by atoms with Crippen molar-refractivity contribution in [1.29, 1.82) is 0 Å². The molecule has 0 aliphatic heterocycles. The summed E-state index contributed by atoms with van der Waals surface area (Å²) in [4.78, 5) is 0. The molecule has 2 nitrogen and oxygen atoms in total. The van der Waals surface area contributed by atoms with Gasteiger partial charge in [-0.15, -0.1) is 0 Å². The van der Waals surface area contributed by atoms with Crippen molar-refractivity contribution in [3.05, 3.63) is 35.9 Å². The Morgan fingerprint density at radius 2 is 1.84 bits per heavy atom. The molecule has 0 bridgehead atoms. The highest BCUT2D eigenvalue weighted by Crippen LogP contribution is 2.27. The Morgan fingerprint density at radius 1 is 1.21 bits per heavy atom. The lowest BCUT2D eigenvalue weighted by Crippen LogP contribution is -2.43. The average molecular weight is 261 g/mol. The molecule has 19 heavy (non-hydrogen) atoms. The Balaban J connectivity index is 1.86. The Kier molecular flexibility index (Phi) is 5.00. The van der Waals surface area contributed by atoms with E-state index in [4.69, 9.17) is 0 Å². The van der Waals surface area contributed by atoms with Crippen molar-refractivity contribution in [2.45, 2.75) is 57.6 Å². The maximum absolute atomic E-state index is 10.6. The van der Waals surface area contributed by atoms with Crippen molar-refractivity contribution in [1.82, 2.24) is 5.32 Å². The Labute approximate surface area is 117 Å². The van der Waals surface area contributed by atoms with Crippen molar-refractivity contribution >= 4 is 0 Å². The largest absolute Gasteiger partial charge is 0.384 e. The quantitative estimate of drug-likeness (QED) is 0.851. The van der Waals surface area contributed by atoms with Crippen LogP contribution in [-0.2, 0) is 5.60 Å². The number of benzene rings is 1. The van der Waals surface area contributed by atoms with E-state index in [0.29, 0.717) is 12.6 Å². The van der Waals surface area contributed by atoms with Gasteiger partial charge in [0.15, 0.2) is 0 Å². The number of hydrogen-bond donors (Lipinski definition) is 2. The number of aliphatic hydroxyl groups is 1. The van der Waals surface area contributed by atoms with E-state index in [9.17, 15) is 5.11 Å². The maximum Gasteiger partial charge on any atom is 0.0992 e. The molecule has 1 aliphatic rings. The molecular weight excluding hydrogens is 234 g/mol. The van der Waals surface area contributed by atoms with Gasteiger partial charge in [0.1, 0.15) is 0 Å². The van der Waals surface area contributed by atoms with Crippen LogP contribution in [0.2, 0.25) is 0 Å². The predicted molar refractivity (Wildman–Crippen MR) is 80.1 cm³/mol. The second-order valence-electron chi connectivity index (χ2n) is 6.21. The van der Waals surface area contributed by atoms with Crippen LogP contribution in [0.3, 0.4) is 0 Å². The smallest absolute Gasteiger partial charge is 0.0992 e. The fourth-order valence-electron chi connectivity index (χ4n) is 3.06. The van der Waals surface area contributed by atoms with E-state index in [2.05, 4.69) is 12.2 Å². The molecule has 1 saturated carbocycles. The van der Waals surface area contributed by atoms with Gasteiger partial charge in [-0.3, -0.25) is 0 Å². The van der Waals surface area contributed by atoms with Crippen LogP contribution in [0.5, 0.6) is 0 Å². The van der Waals surface area contributed by atoms with E-state index in [1.807, 2.05) is 37.3 Å². The summed E-state index contributed by atoms with van der Waals surface area (Å²) in [5.74, 6) is 0.778. The van der Waals surface area contributed by atoms with Crippen LogP contribution in [0.25, 0.3) is 0 Å². The third kappa shape index (κ3) is 4.05. The highest BCUT2D eigenvalue weighted by Gasteiger charge is 2.26. The first-order valence-corrected chi connectivity index (χ1v) is 7.61. The third-order valence-electron chi connectivity index (χ3n) is 4.52. The summed E-state index contributed by atoms with van der Waals surface area (Å²) < 4.78 is 0. The van der Waals surface area contributed by atoms with Gasteiger partial charge in [-0.1, -0.05) is 49.6 Å². The van der Waals surface area contributed by atoms with Gasteiger partial charge in [0.2, 0.25) is 0 Å². The third-order valence-corrected chi connectivity index (χ3v) is 4.52. The van der Waals surface area contributed by atoms with Crippen LogP contribution in [0, 0.1) is 5.92 Å². The van der Waals surface area contributed by atoms with Gasteiger partial charge in [-0.25, -0.2) is 0 Å². The average Bonchev–Trinajstić information content (AvgIpc) is 2.47. The molecule has 106 valence electrons. The van der Waals surface area contributed by atoms with Crippen molar-refractivity contribution in [2.24, 2.45) is 5.92 Å². The van der Waals surface area contributed by atoms with Crippen molar-refractivity contribution in [2.75, 3.05) is 6.54 Å². The van der Waals surface area contributed by atoms with Gasteiger partial charge in [0, 0.05) is 12.6 Å². The van der Waals surface area contributed by atoms with E-state index in [1.54, 1.807) is 0 Å². The predicted octanol–water partition coefficient (Wildman–Crippen LogP) is 3.45. The summed E-state index contributed by atoms with van der Waals surface area (Å²) in [6.07, 6.45) is 6.80. The molecule has 1 aromatic rings. The molecule has 2 N–H and O–H groups in total. The highest BCUT2D eigenvalue weighted by molar-refractivity contribution is 5.21. The Hall–Kier alpha value is -0.860. The molecule has 2 unspecified atom stereocenters. The van der Waals surface area contributed by atoms with Crippen LogP contribution in [0.15, 0.2) is 30.3 Å². The van der Waals surface area contributed by atoms with Crippen molar-refractivity contribution < 1.29 is 5.11 Å². The molecule has 2 heteroatoms. The van der Waals surface area contributed by atoms with Crippen LogP contribution in [0.4, 0.5) is 0 Å². The summed E-state index contributed by atoms with van der Waals surface area (Å²) in [7, 11) is 0. The van der Waals surface area contributed by atoms with Crippen molar-refractivity contribution in [3.8, 4) is 0 Å². The summed E-state index contributed by atoms with van der Waals surface area (Å²) >= 11 is 0. The number of hydrogen-bond acceptors (Lipinski definition) is 2. The van der Waals surface area contributed by atoms with E-state index < -0.39 is 5.60 Å². The molecule has 2 rings (SSSR count). The zero-order valence-corrected chi connectivity index (χ0v) is 12.2. The molecule has 0 radical (unpaired) electrons. The minimum absolute atomic E-state index is 0.496. The number of rotatable bonds is 5. The van der Waals surface area contributed by atoms with Crippen LogP contribution in [-0.4, -0.2) is 17.7 Å². The minimum atomic E-state index is -0.788. The first-order chi connectivity index (χ1) is 9.09. The second-order valence-corrected chi connectivity index (χ2v) is 6.21. The molecule has 0 amide bonds. The number of nitrogens with one attached hydrogen (secondary N) is 1. The Morgan fingerprint density at radius 3 is 2.47 bits per heavy atom. The topological polar surface area (TPSA) is 32.3 Å². The molecule has 1 aromatic carbocycles. The highest BCUT2D eigenvalue weighted by atomic mass is 16.3. The van der Waals surface area contributed by atoms with Gasteiger partial charge < -0.3 is 10.4 Å². The molecule has 0 aromatic heterocycles. The maximum atomic E-state index is 10.6.